The number of hydrogen-bond donors (Lipinski definition) is 0. The van der Waals surface area contributed by atoms with Crippen LogP contribution in [0.3, 0.4) is 0 Å². The highest BCUT2D eigenvalue weighted by atomic mass is 35.5. The summed E-state index contributed by atoms with van der Waals surface area (Å²) in [4.78, 5) is 32.2. The highest BCUT2D eigenvalue weighted by molar-refractivity contribution is 7.12. The van der Waals surface area contributed by atoms with E-state index in [-0.39, 0.29) is 30.4 Å². The van der Waals surface area contributed by atoms with E-state index in [2.05, 4.69) is 11.4 Å². The fourth-order valence-corrected chi connectivity index (χ4v) is 5.74. The molecule has 0 N–H and O–H groups in total. The van der Waals surface area contributed by atoms with Gasteiger partial charge in [0.25, 0.3) is 5.91 Å². The fourth-order valence-electron chi connectivity index (χ4n) is 4.01. The van der Waals surface area contributed by atoms with E-state index >= 15 is 0 Å². The third-order valence-electron chi connectivity index (χ3n) is 6.06. The van der Waals surface area contributed by atoms with Crippen molar-refractivity contribution in [2.24, 2.45) is 0 Å². The number of halogens is 1. The molecule has 0 bridgehead atoms. The van der Waals surface area contributed by atoms with Crippen molar-refractivity contribution in [3.8, 4) is 5.75 Å². The fraction of sp³-hybridized carbons (Fsp3) is 0.360. The molecule has 2 atom stereocenters. The van der Waals surface area contributed by atoms with E-state index in [0.717, 1.165) is 18.4 Å². The van der Waals surface area contributed by atoms with E-state index in [9.17, 15) is 9.59 Å². The smallest absolute Gasteiger partial charge is 0.264 e. The molecule has 1 aromatic carbocycles. The highest BCUT2D eigenvalue weighted by Crippen LogP contribution is 2.34. The lowest BCUT2D eigenvalue weighted by molar-refractivity contribution is -0.136. The van der Waals surface area contributed by atoms with Crippen molar-refractivity contribution >= 4 is 46.1 Å². The second kappa shape index (κ2) is 10.7. The van der Waals surface area contributed by atoms with E-state index in [1.807, 2.05) is 48.4 Å². The molecule has 0 saturated heterocycles. The molecule has 0 aliphatic carbocycles. The number of amides is 2. The third kappa shape index (κ3) is 5.42. The molecule has 3 heterocycles. The van der Waals surface area contributed by atoms with E-state index in [1.165, 1.54) is 16.2 Å². The molecule has 2 amide bonds. The van der Waals surface area contributed by atoms with Gasteiger partial charge in [-0.1, -0.05) is 24.6 Å². The second-order valence-electron chi connectivity index (χ2n) is 8.08. The number of benzene rings is 1. The molecule has 8 heteroatoms. The van der Waals surface area contributed by atoms with Crippen molar-refractivity contribution in [3.05, 3.63) is 73.6 Å². The highest BCUT2D eigenvalue weighted by Gasteiger charge is 2.34. The molecule has 5 nitrogen and oxygen atoms in total. The zero-order valence-corrected chi connectivity index (χ0v) is 21.1. The Balaban J connectivity index is 1.53. The van der Waals surface area contributed by atoms with Gasteiger partial charge in [0.05, 0.1) is 10.9 Å². The normalized spacial score (nSPS) is 16.2. The zero-order valence-electron chi connectivity index (χ0n) is 18.7. The molecular formula is C25H27ClN2O3S2. The number of hydrogen-bond acceptors (Lipinski definition) is 5. The molecule has 33 heavy (non-hydrogen) atoms. The first-order valence-corrected chi connectivity index (χ1v) is 13.2. The van der Waals surface area contributed by atoms with Crippen LogP contribution in [0.15, 0.2) is 53.2 Å². The summed E-state index contributed by atoms with van der Waals surface area (Å²) >= 11 is 9.11. The summed E-state index contributed by atoms with van der Waals surface area (Å²) in [5, 5.41) is 4.61. The van der Waals surface area contributed by atoms with Gasteiger partial charge in [-0.25, -0.2) is 0 Å². The maximum absolute atomic E-state index is 13.6. The predicted molar refractivity (Wildman–Crippen MR) is 135 cm³/mol. The Morgan fingerprint density at radius 3 is 2.67 bits per heavy atom. The van der Waals surface area contributed by atoms with E-state index in [1.54, 1.807) is 28.4 Å². The lowest BCUT2D eigenvalue weighted by atomic mass is 10.00. The first-order chi connectivity index (χ1) is 16.0. The molecular weight excluding hydrogens is 476 g/mol. The average molecular weight is 503 g/mol. The van der Waals surface area contributed by atoms with Crippen molar-refractivity contribution in [1.29, 1.82) is 0 Å². The minimum atomic E-state index is -0.196. The quantitative estimate of drug-likeness (QED) is 0.385. The molecule has 0 radical (unpaired) electrons. The Morgan fingerprint density at radius 2 is 1.97 bits per heavy atom. The topological polar surface area (TPSA) is 49.9 Å². The molecule has 1 aliphatic rings. The van der Waals surface area contributed by atoms with Gasteiger partial charge < -0.3 is 14.5 Å². The molecule has 2 aromatic heterocycles. The number of carbonyl (C=O) groups is 2. The van der Waals surface area contributed by atoms with Crippen LogP contribution in [0.4, 0.5) is 0 Å². The lowest BCUT2D eigenvalue weighted by Gasteiger charge is -2.38. The summed E-state index contributed by atoms with van der Waals surface area (Å²) in [6.07, 6.45) is 1.60. The van der Waals surface area contributed by atoms with Gasteiger partial charge >= 0.3 is 0 Å². The molecule has 0 saturated carbocycles. The molecule has 3 aromatic rings. The van der Waals surface area contributed by atoms with Crippen LogP contribution in [0.25, 0.3) is 0 Å². The minimum Gasteiger partial charge on any atom is -0.491 e. The molecule has 0 spiro atoms. The van der Waals surface area contributed by atoms with Crippen LogP contribution in [0.1, 0.15) is 46.4 Å². The summed E-state index contributed by atoms with van der Waals surface area (Å²) < 4.78 is 6.06. The van der Waals surface area contributed by atoms with Crippen molar-refractivity contribution in [2.75, 3.05) is 19.7 Å². The molecule has 1 aliphatic heterocycles. The molecule has 174 valence electrons. The van der Waals surface area contributed by atoms with Gasteiger partial charge in [-0.2, -0.15) is 0 Å². The van der Waals surface area contributed by atoms with Crippen LogP contribution in [0.2, 0.25) is 5.02 Å². The summed E-state index contributed by atoms with van der Waals surface area (Å²) in [7, 11) is 0. The van der Waals surface area contributed by atoms with Gasteiger partial charge in [0.15, 0.2) is 0 Å². The maximum Gasteiger partial charge on any atom is 0.264 e. The van der Waals surface area contributed by atoms with E-state index < -0.39 is 0 Å². The van der Waals surface area contributed by atoms with Crippen molar-refractivity contribution in [1.82, 2.24) is 9.80 Å². The number of thiophene rings is 2. The number of carbonyl (C=O) groups excluding carboxylic acids is 2. The Kier molecular flexibility index (Phi) is 7.73. The van der Waals surface area contributed by atoms with Crippen molar-refractivity contribution in [3.63, 3.8) is 0 Å². The predicted octanol–water partition coefficient (Wildman–Crippen LogP) is 5.91. The monoisotopic (exact) mass is 502 g/mol. The first-order valence-electron chi connectivity index (χ1n) is 11.1. The number of ether oxygens (including phenoxy) is 1. The van der Waals surface area contributed by atoms with Gasteiger partial charge in [-0.15, -0.1) is 22.7 Å². The van der Waals surface area contributed by atoms with Crippen molar-refractivity contribution < 1.29 is 14.3 Å². The average Bonchev–Trinajstić information content (AvgIpc) is 3.53. The molecule has 4 rings (SSSR count). The van der Waals surface area contributed by atoms with Gasteiger partial charge in [-0.3, -0.25) is 9.59 Å². The van der Waals surface area contributed by atoms with Crippen LogP contribution in [-0.4, -0.2) is 47.4 Å². The van der Waals surface area contributed by atoms with Crippen LogP contribution in [0, 0.1) is 0 Å². The van der Waals surface area contributed by atoms with Crippen LogP contribution in [0.5, 0.6) is 5.75 Å². The Morgan fingerprint density at radius 1 is 1.18 bits per heavy atom. The Hall–Kier alpha value is -2.35. The zero-order chi connectivity index (χ0) is 23.4. The van der Waals surface area contributed by atoms with Crippen LogP contribution < -0.4 is 4.74 Å². The van der Waals surface area contributed by atoms with Gasteiger partial charge in [0.2, 0.25) is 5.91 Å². The third-order valence-corrected chi connectivity index (χ3v) is 8.16. The first kappa shape index (κ1) is 23.8. The van der Waals surface area contributed by atoms with Crippen LogP contribution >= 0.6 is 34.3 Å². The van der Waals surface area contributed by atoms with Gasteiger partial charge in [0, 0.05) is 22.5 Å². The van der Waals surface area contributed by atoms with Crippen LogP contribution in [-0.2, 0) is 11.2 Å². The lowest BCUT2D eigenvalue weighted by Crippen LogP contribution is -2.49. The second-order valence-corrected chi connectivity index (χ2v) is 10.5. The summed E-state index contributed by atoms with van der Waals surface area (Å²) in [5.41, 5.74) is 1.13. The summed E-state index contributed by atoms with van der Waals surface area (Å²) in [6, 6.07) is 12.8. The van der Waals surface area contributed by atoms with Crippen molar-refractivity contribution in [2.45, 2.75) is 38.8 Å². The molecule has 2 unspecified atom stereocenters. The largest absolute Gasteiger partial charge is 0.491 e. The standard InChI is InChI=1S/C25H27ClN2O3S2/c1-3-17(2)28(25(30)23-5-4-13-32-23)15-24(29)27-12-10-22-20(11-14-33-22)21(27)16-31-19-8-6-18(26)7-9-19/h4-9,11,13-14,17,21H,3,10,12,15-16H2,1-2H3. The summed E-state index contributed by atoms with van der Waals surface area (Å²) in [6.45, 7) is 5.04. The number of nitrogens with zero attached hydrogens (tertiary/aromatic N) is 2. The van der Waals surface area contributed by atoms with Gasteiger partial charge in [-0.05, 0) is 72.5 Å². The Labute approximate surface area is 207 Å². The number of rotatable bonds is 8. The Bertz CT molecular complexity index is 1080. The number of fused-ring (bicyclic) bond motifs is 1. The van der Waals surface area contributed by atoms with E-state index in [0.29, 0.717) is 28.8 Å². The van der Waals surface area contributed by atoms with Gasteiger partial charge in [0.1, 0.15) is 18.9 Å². The minimum absolute atomic E-state index is 0.0335. The SMILES string of the molecule is CCC(C)N(CC(=O)N1CCc2sccc2C1COc1ccc(Cl)cc1)C(=O)c1cccs1. The van der Waals surface area contributed by atoms with E-state index in [4.69, 9.17) is 16.3 Å². The summed E-state index contributed by atoms with van der Waals surface area (Å²) in [5.74, 6) is 0.569. The maximum atomic E-state index is 13.6. The molecule has 0 fully saturated rings.